The number of halogens is 2. The van der Waals surface area contributed by atoms with Gasteiger partial charge >= 0.3 is 6.09 Å². The highest BCUT2D eigenvalue weighted by atomic mass is 79.9. The average Bonchev–Trinajstić information content (AvgIpc) is 2.88. The molecular weight excluding hydrogens is 422 g/mol. The maximum Gasteiger partial charge on any atom is 0.407 e. The molecule has 1 atom stereocenters. The van der Waals surface area contributed by atoms with E-state index in [4.69, 9.17) is 16.3 Å². The molecule has 2 rings (SSSR count). The number of nitrogens with one attached hydrogen (secondary N) is 1. The topological polar surface area (TPSA) is 88.6 Å². The standard InChI is InChI=1S/C14H19BrClN3O4S/c1-14(2,3)23-13(20)18-10-4-5-19(8-10)24(21,22)11-6-9(15)7-17-12(11)16/h6-7,10H,4-5,8H2,1-3H3,(H,18,20)/t10-/m0/s1. The number of aromatic nitrogens is 1. The van der Waals surface area contributed by atoms with Crippen molar-refractivity contribution in [2.45, 2.75) is 43.7 Å². The summed E-state index contributed by atoms with van der Waals surface area (Å²) < 4.78 is 32.4. The van der Waals surface area contributed by atoms with E-state index in [2.05, 4.69) is 26.2 Å². The van der Waals surface area contributed by atoms with Gasteiger partial charge in [0.1, 0.15) is 15.6 Å². The summed E-state index contributed by atoms with van der Waals surface area (Å²) in [5.74, 6) is 0. The molecule has 1 amide bonds. The van der Waals surface area contributed by atoms with E-state index in [-0.39, 0.29) is 29.2 Å². The quantitative estimate of drug-likeness (QED) is 0.730. The fourth-order valence-electron chi connectivity index (χ4n) is 2.26. The van der Waals surface area contributed by atoms with Crippen LogP contribution in [0.3, 0.4) is 0 Å². The Morgan fingerprint density at radius 3 is 2.79 bits per heavy atom. The number of nitrogens with zero attached hydrogens (tertiary/aromatic N) is 2. The van der Waals surface area contributed by atoms with Crippen molar-refractivity contribution in [2.75, 3.05) is 13.1 Å². The SMILES string of the molecule is CC(C)(C)OC(=O)N[C@H]1CCN(S(=O)(=O)c2cc(Br)cnc2Cl)C1. The summed E-state index contributed by atoms with van der Waals surface area (Å²) in [5.41, 5.74) is -0.607. The lowest BCUT2D eigenvalue weighted by molar-refractivity contribution is 0.0507. The van der Waals surface area contributed by atoms with Gasteiger partial charge in [0.25, 0.3) is 0 Å². The fourth-order valence-corrected chi connectivity index (χ4v) is 4.68. The lowest BCUT2D eigenvalue weighted by Crippen LogP contribution is -2.41. The van der Waals surface area contributed by atoms with Crippen LogP contribution in [0.25, 0.3) is 0 Å². The molecule has 1 aromatic heterocycles. The molecule has 0 bridgehead atoms. The van der Waals surface area contributed by atoms with Crippen LogP contribution in [0.15, 0.2) is 21.6 Å². The lowest BCUT2D eigenvalue weighted by Gasteiger charge is -2.22. The van der Waals surface area contributed by atoms with Crippen molar-refractivity contribution >= 4 is 43.6 Å². The van der Waals surface area contributed by atoms with E-state index < -0.39 is 21.7 Å². The van der Waals surface area contributed by atoms with Gasteiger partial charge in [0.2, 0.25) is 10.0 Å². The molecule has 1 N–H and O–H groups in total. The van der Waals surface area contributed by atoms with Gasteiger partial charge < -0.3 is 10.1 Å². The first-order valence-electron chi connectivity index (χ1n) is 7.30. The zero-order chi connectivity index (χ0) is 18.1. The van der Waals surface area contributed by atoms with Gasteiger partial charge in [0.05, 0.1) is 0 Å². The minimum Gasteiger partial charge on any atom is -0.444 e. The number of alkyl carbamates (subject to hydrolysis) is 1. The van der Waals surface area contributed by atoms with Crippen molar-refractivity contribution in [2.24, 2.45) is 0 Å². The van der Waals surface area contributed by atoms with Gasteiger partial charge in [0.15, 0.2) is 0 Å². The fraction of sp³-hybridized carbons (Fsp3) is 0.571. The summed E-state index contributed by atoms with van der Waals surface area (Å²) in [6.45, 7) is 5.73. The Morgan fingerprint density at radius 1 is 1.50 bits per heavy atom. The van der Waals surface area contributed by atoms with Crippen molar-refractivity contribution < 1.29 is 17.9 Å². The first-order valence-corrected chi connectivity index (χ1v) is 9.91. The van der Waals surface area contributed by atoms with Crippen molar-refractivity contribution in [1.82, 2.24) is 14.6 Å². The summed E-state index contributed by atoms with van der Waals surface area (Å²) in [4.78, 5) is 15.6. The number of carbonyl (C=O) groups is 1. The van der Waals surface area contributed by atoms with Crippen LogP contribution < -0.4 is 5.32 Å². The van der Waals surface area contributed by atoms with Gasteiger partial charge in [-0.1, -0.05) is 11.6 Å². The molecule has 0 saturated carbocycles. The number of sulfonamides is 1. The van der Waals surface area contributed by atoms with Gasteiger partial charge in [-0.25, -0.2) is 18.2 Å². The van der Waals surface area contributed by atoms with E-state index >= 15 is 0 Å². The molecule has 24 heavy (non-hydrogen) atoms. The van der Waals surface area contributed by atoms with Gasteiger partial charge in [-0.2, -0.15) is 4.31 Å². The second-order valence-corrected chi connectivity index (χ2v) is 9.62. The molecule has 0 aromatic carbocycles. The molecule has 10 heteroatoms. The maximum atomic E-state index is 12.7. The predicted octanol–water partition coefficient (Wildman–Crippen LogP) is 2.79. The molecule has 1 aliphatic rings. The second kappa shape index (κ2) is 7.15. The van der Waals surface area contributed by atoms with E-state index in [1.54, 1.807) is 20.8 Å². The van der Waals surface area contributed by atoms with Crippen molar-refractivity contribution in [3.63, 3.8) is 0 Å². The number of rotatable bonds is 3. The summed E-state index contributed by atoms with van der Waals surface area (Å²) >= 11 is 9.12. The van der Waals surface area contributed by atoms with Gasteiger partial charge in [-0.3, -0.25) is 0 Å². The highest BCUT2D eigenvalue weighted by molar-refractivity contribution is 9.10. The number of ether oxygens (including phenoxy) is 1. The highest BCUT2D eigenvalue weighted by Crippen LogP contribution is 2.28. The Kier molecular flexibility index (Phi) is 5.79. The Labute approximate surface area is 154 Å². The number of pyridine rings is 1. The van der Waals surface area contributed by atoms with Crippen LogP contribution in [-0.2, 0) is 14.8 Å². The summed E-state index contributed by atoms with van der Waals surface area (Å²) in [6.07, 6.45) is 1.37. The molecular formula is C14H19BrClN3O4S. The zero-order valence-electron chi connectivity index (χ0n) is 13.5. The third-order valence-corrected chi connectivity index (χ3v) is 5.99. The third-order valence-electron chi connectivity index (χ3n) is 3.26. The minimum absolute atomic E-state index is 0.0588. The van der Waals surface area contributed by atoms with Crippen LogP contribution in [0.1, 0.15) is 27.2 Å². The van der Waals surface area contributed by atoms with E-state index in [0.29, 0.717) is 10.9 Å². The second-order valence-electron chi connectivity index (χ2n) is 6.44. The van der Waals surface area contributed by atoms with Gasteiger partial charge in [-0.05, 0) is 49.2 Å². The maximum absolute atomic E-state index is 12.7. The van der Waals surface area contributed by atoms with Crippen LogP contribution >= 0.6 is 27.5 Å². The van der Waals surface area contributed by atoms with E-state index in [9.17, 15) is 13.2 Å². The number of hydrogen-bond donors (Lipinski definition) is 1. The monoisotopic (exact) mass is 439 g/mol. The van der Waals surface area contributed by atoms with Crippen LogP contribution in [-0.4, -0.2) is 48.5 Å². The number of hydrogen-bond acceptors (Lipinski definition) is 5. The van der Waals surface area contributed by atoms with Crippen molar-refractivity contribution in [3.05, 3.63) is 21.9 Å². The van der Waals surface area contributed by atoms with Crippen LogP contribution in [0.4, 0.5) is 4.79 Å². The molecule has 134 valence electrons. The number of carbonyl (C=O) groups excluding carboxylic acids is 1. The largest absolute Gasteiger partial charge is 0.444 e. The molecule has 0 spiro atoms. The van der Waals surface area contributed by atoms with Crippen molar-refractivity contribution in [3.8, 4) is 0 Å². The number of amides is 1. The Morgan fingerprint density at radius 2 is 2.17 bits per heavy atom. The third kappa shape index (κ3) is 4.81. The first kappa shape index (κ1) is 19.4. The van der Waals surface area contributed by atoms with E-state index in [1.165, 1.54) is 16.6 Å². The van der Waals surface area contributed by atoms with Gasteiger partial charge in [0, 0.05) is 29.8 Å². The smallest absolute Gasteiger partial charge is 0.407 e. The van der Waals surface area contributed by atoms with Crippen LogP contribution in [0.2, 0.25) is 5.15 Å². The van der Waals surface area contributed by atoms with Gasteiger partial charge in [-0.15, -0.1) is 0 Å². The minimum atomic E-state index is -3.78. The summed E-state index contributed by atoms with van der Waals surface area (Å²) in [6, 6.07) is 1.10. The van der Waals surface area contributed by atoms with Crippen molar-refractivity contribution in [1.29, 1.82) is 0 Å². The average molecular weight is 441 g/mol. The van der Waals surface area contributed by atoms with E-state index in [1.807, 2.05) is 0 Å². The molecule has 1 saturated heterocycles. The molecule has 1 aliphatic heterocycles. The molecule has 0 radical (unpaired) electrons. The zero-order valence-corrected chi connectivity index (χ0v) is 16.7. The predicted molar refractivity (Wildman–Crippen MR) is 93.5 cm³/mol. The summed E-state index contributed by atoms with van der Waals surface area (Å²) in [5, 5.41) is 2.61. The van der Waals surface area contributed by atoms with Crippen LogP contribution in [0, 0.1) is 0 Å². The molecule has 7 nitrogen and oxygen atoms in total. The Bertz CT molecular complexity index is 736. The Hall–Kier alpha value is -0.900. The molecule has 2 heterocycles. The molecule has 0 unspecified atom stereocenters. The van der Waals surface area contributed by atoms with Crippen LogP contribution in [0.5, 0.6) is 0 Å². The summed E-state index contributed by atoms with van der Waals surface area (Å²) in [7, 11) is -3.78. The first-order chi connectivity index (χ1) is 11.0. The normalized spacial score (nSPS) is 19.3. The lowest BCUT2D eigenvalue weighted by atomic mass is 10.2. The highest BCUT2D eigenvalue weighted by Gasteiger charge is 2.35. The molecule has 1 aromatic rings. The van der Waals surface area contributed by atoms with E-state index in [0.717, 1.165) is 0 Å². The Balaban J connectivity index is 2.07. The molecule has 0 aliphatic carbocycles. The molecule has 1 fully saturated rings.